The molecule has 1 heterocycles. The van der Waals surface area contributed by atoms with Gasteiger partial charge in [0, 0.05) is 11.5 Å². The van der Waals surface area contributed by atoms with E-state index in [2.05, 4.69) is 24.0 Å². The van der Waals surface area contributed by atoms with Crippen LogP contribution in [-0.2, 0) is 11.2 Å². The fourth-order valence-electron chi connectivity index (χ4n) is 2.25. The van der Waals surface area contributed by atoms with Gasteiger partial charge in [0.15, 0.2) is 0 Å². The van der Waals surface area contributed by atoms with Crippen LogP contribution in [0.2, 0.25) is 0 Å². The van der Waals surface area contributed by atoms with Crippen molar-refractivity contribution in [2.24, 2.45) is 0 Å². The van der Waals surface area contributed by atoms with E-state index >= 15 is 0 Å². The number of rotatable bonds is 5. The van der Waals surface area contributed by atoms with Crippen molar-refractivity contribution in [3.63, 3.8) is 0 Å². The van der Waals surface area contributed by atoms with Crippen LogP contribution in [0.5, 0.6) is 0 Å². The Labute approximate surface area is 119 Å². The monoisotopic (exact) mass is 269 g/mol. The molecule has 0 saturated carbocycles. The lowest BCUT2D eigenvalue weighted by Gasteiger charge is -2.07. The summed E-state index contributed by atoms with van der Waals surface area (Å²) in [6.45, 7) is 4.22. The number of fused-ring (bicyclic) bond motifs is 1. The van der Waals surface area contributed by atoms with Crippen LogP contribution in [0.25, 0.3) is 17.0 Å². The predicted octanol–water partition coefficient (Wildman–Crippen LogP) is 3.98. The van der Waals surface area contributed by atoms with Gasteiger partial charge >= 0.3 is 5.97 Å². The van der Waals surface area contributed by atoms with E-state index in [-0.39, 0.29) is 0 Å². The number of hydrogen-bond donors (Lipinski definition) is 1. The van der Waals surface area contributed by atoms with E-state index in [9.17, 15) is 4.79 Å². The van der Waals surface area contributed by atoms with Gasteiger partial charge in [-0.3, -0.25) is 0 Å². The minimum absolute atomic E-state index is 0.679. The minimum Gasteiger partial charge on any atom is -0.478 e. The smallest absolute Gasteiger partial charge is 0.328 e. The summed E-state index contributed by atoms with van der Waals surface area (Å²) < 4.78 is 0. The molecule has 0 unspecified atom stereocenters. The molecule has 1 aromatic carbocycles. The highest BCUT2D eigenvalue weighted by Gasteiger charge is 2.03. The molecule has 2 rings (SSSR count). The van der Waals surface area contributed by atoms with E-state index in [1.54, 1.807) is 0 Å². The van der Waals surface area contributed by atoms with E-state index in [0.717, 1.165) is 29.0 Å². The number of aryl methyl sites for hydroxylation is 2. The fourth-order valence-corrected chi connectivity index (χ4v) is 2.25. The first-order valence-corrected chi connectivity index (χ1v) is 6.91. The summed E-state index contributed by atoms with van der Waals surface area (Å²) in [5, 5.41) is 9.81. The van der Waals surface area contributed by atoms with E-state index in [0.29, 0.717) is 5.69 Å². The average molecular weight is 269 g/mol. The van der Waals surface area contributed by atoms with Crippen molar-refractivity contribution in [2.45, 2.75) is 33.1 Å². The van der Waals surface area contributed by atoms with Gasteiger partial charge in [0.2, 0.25) is 0 Å². The predicted molar refractivity (Wildman–Crippen MR) is 81.8 cm³/mol. The topological polar surface area (TPSA) is 50.2 Å². The quantitative estimate of drug-likeness (QED) is 0.835. The SMILES string of the molecule is CCCCc1ccc2nc(/C=C/C(=O)O)cc(C)c2c1. The van der Waals surface area contributed by atoms with Crippen LogP contribution in [0.3, 0.4) is 0 Å². The summed E-state index contributed by atoms with van der Waals surface area (Å²) in [6.07, 6.45) is 6.11. The van der Waals surface area contributed by atoms with Gasteiger partial charge in [-0.15, -0.1) is 0 Å². The van der Waals surface area contributed by atoms with Crippen LogP contribution >= 0.6 is 0 Å². The Morgan fingerprint density at radius 1 is 1.35 bits per heavy atom. The molecule has 3 heteroatoms. The van der Waals surface area contributed by atoms with Crippen molar-refractivity contribution in [3.05, 3.63) is 47.2 Å². The summed E-state index contributed by atoms with van der Waals surface area (Å²) in [4.78, 5) is 15.0. The third-order valence-electron chi connectivity index (χ3n) is 3.32. The number of carboxylic acid groups (broad SMARTS) is 1. The van der Waals surface area contributed by atoms with Crippen molar-refractivity contribution in [2.75, 3.05) is 0 Å². The number of benzene rings is 1. The maximum atomic E-state index is 10.6. The van der Waals surface area contributed by atoms with Gasteiger partial charge < -0.3 is 5.11 Å². The Kier molecular flexibility index (Phi) is 4.51. The molecule has 0 aliphatic heterocycles. The van der Waals surface area contributed by atoms with Crippen molar-refractivity contribution >= 4 is 22.9 Å². The third-order valence-corrected chi connectivity index (χ3v) is 3.32. The molecule has 0 fully saturated rings. The first-order chi connectivity index (χ1) is 9.60. The van der Waals surface area contributed by atoms with Crippen LogP contribution in [0.4, 0.5) is 0 Å². The van der Waals surface area contributed by atoms with Gasteiger partial charge in [-0.25, -0.2) is 9.78 Å². The molecule has 3 nitrogen and oxygen atoms in total. The lowest BCUT2D eigenvalue weighted by molar-refractivity contribution is -0.131. The van der Waals surface area contributed by atoms with Gasteiger partial charge in [-0.05, 0) is 55.2 Å². The Balaban J connectivity index is 2.38. The molecule has 2 aromatic rings. The van der Waals surface area contributed by atoms with Crippen LogP contribution in [-0.4, -0.2) is 16.1 Å². The summed E-state index contributed by atoms with van der Waals surface area (Å²) in [7, 11) is 0. The number of aromatic nitrogens is 1. The third kappa shape index (κ3) is 3.44. The standard InChI is InChI=1S/C17H19NO2/c1-3-4-5-13-6-8-16-15(11-13)12(2)10-14(18-16)7-9-17(19)20/h6-11H,3-5H2,1-2H3,(H,19,20)/b9-7+. The molecule has 0 atom stereocenters. The summed E-state index contributed by atoms with van der Waals surface area (Å²) >= 11 is 0. The van der Waals surface area contributed by atoms with Crippen LogP contribution in [0.1, 0.15) is 36.6 Å². The molecule has 1 aromatic heterocycles. The Morgan fingerprint density at radius 3 is 2.85 bits per heavy atom. The Morgan fingerprint density at radius 2 is 2.15 bits per heavy atom. The molecular weight excluding hydrogens is 250 g/mol. The van der Waals surface area contributed by atoms with E-state index < -0.39 is 5.97 Å². The average Bonchev–Trinajstić information content (AvgIpc) is 2.43. The van der Waals surface area contributed by atoms with Crippen molar-refractivity contribution < 1.29 is 9.90 Å². The highest BCUT2D eigenvalue weighted by atomic mass is 16.4. The zero-order chi connectivity index (χ0) is 14.5. The summed E-state index contributed by atoms with van der Waals surface area (Å²) in [6, 6.07) is 8.24. The molecule has 20 heavy (non-hydrogen) atoms. The summed E-state index contributed by atoms with van der Waals surface area (Å²) in [5.74, 6) is -0.959. The number of carbonyl (C=O) groups is 1. The molecule has 0 aliphatic rings. The van der Waals surface area contributed by atoms with E-state index in [1.807, 2.05) is 19.1 Å². The second kappa shape index (κ2) is 6.33. The molecule has 0 spiro atoms. The molecule has 0 bridgehead atoms. The molecule has 104 valence electrons. The van der Waals surface area contributed by atoms with Crippen LogP contribution < -0.4 is 0 Å². The number of unbranched alkanes of at least 4 members (excludes halogenated alkanes) is 1. The normalized spacial score (nSPS) is 11.3. The highest BCUT2D eigenvalue weighted by Crippen LogP contribution is 2.21. The number of hydrogen-bond acceptors (Lipinski definition) is 2. The molecule has 0 aliphatic carbocycles. The first kappa shape index (κ1) is 14.3. The van der Waals surface area contributed by atoms with Crippen molar-refractivity contribution in [3.8, 4) is 0 Å². The largest absolute Gasteiger partial charge is 0.478 e. The number of aliphatic carboxylic acids is 1. The molecule has 0 saturated heterocycles. The van der Waals surface area contributed by atoms with Gasteiger partial charge in [-0.2, -0.15) is 0 Å². The summed E-state index contributed by atoms with van der Waals surface area (Å²) in [5.41, 5.74) is 4.05. The van der Waals surface area contributed by atoms with Gasteiger partial charge in [0.1, 0.15) is 0 Å². The number of nitrogens with zero attached hydrogens (tertiary/aromatic N) is 1. The molecule has 0 amide bonds. The van der Waals surface area contributed by atoms with Crippen molar-refractivity contribution in [1.82, 2.24) is 4.98 Å². The number of carboxylic acids is 1. The van der Waals surface area contributed by atoms with Gasteiger partial charge in [0.25, 0.3) is 0 Å². The zero-order valence-corrected chi connectivity index (χ0v) is 11.9. The van der Waals surface area contributed by atoms with Gasteiger partial charge in [0.05, 0.1) is 11.2 Å². The highest BCUT2D eigenvalue weighted by molar-refractivity contribution is 5.87. The second-order valence-electron chi connectivity index (χ2n) is 4.99. The molecule has 0 radical (unpaired) electrons. The maximum absolute atomic E-state index is 10.6. The first-order valence-electron chi connectivity index (χ1n) is 6.91. The van der Waals surface area contributed by atoms with E-state index in [4.69, 9.17) is 5.11 Å². The molecular formula is C17H19NO2. The van der Waals surface area contributed by atoms with Crippen LogP contribution in [0, 0.1) is 6.92 Å². The minimum atomic E-state index is -0.959. The Bertz CT molecular complexity index is 659. The van der Waals surface area contributed by atoms with Crippen LogP contribution in [0.15, 0.2) is 30.3 Å². The number of pyridine rings is 1. The molecule has 1 N–H and O–H groups in total. The lowest BCUT2D eigenvalue weighted by Crippen LogP contribution is -1.92. The zero-order valence-electron chi connectivity index (χ0n) is 11.9. The second-order valence-corrected chi connectivity index (χ2v) is 4.99. The Hall–Kier alpha value is -2.16. The lowest BCUT2D eigenvalue weighted by atomic mass is 10.0. The van der Waals surface area contributed by atoms with E-state index in [1.165, 1.54) is 24.5 Å². The fraction of sp³-hybridized carbons (Fsp3) is 0.294. The van der Waals surface area contributed by atoms with Crippen molar-refractivity contribution in [1.29, 1.82) is 0 Å². The maximum Gasteiger partial charge on any atom is 0.328 e. The van der Waals surface area contributed by atoms with Gasteiger partial charge in [-0.1, -0.05) is 19.4 Å².